The standard InChI is InChI=1S/C35H24N4O/c1-35(2)25-17-18-29-31(24-12-6-7-14-28(24)40-29)30(25)23-16-15-22(20-26(23)35)33-37-32(21-10-4-3-5-11-21)38-34(39-33)27-13-8-9-19-36-27/h3-20H,1-2H3. The molecule has 4 aromatic carbocycles. The number of nitrogens with zero attached hydrogens (tertiary/aromatic N) is 4. The van der Waals surface area contributed by atoms with Crippen molar-refractivity contribution >= 4 is 21.9 Å². The first-order valence-corrected chi connectivity index (χ1v) is 13.4. The summed E-state index contributed by atoms with van der Waals surface area (Å²) >= 11 is 0. The number of fused-ring (bicyclic) bond motifs is 7. The molecule has 0 unspecified atom stereocenters. The van der Waals surface area contributed by atoms with Gasteiger partial charge in [-0.15, -0.1) is 0 Å². The third kappa shape index (κ3) is 3.34. The monoisotopic (exact) mass is 516 g/mol. The normalized spacial score (nSPS) is 13.4. The van der Waals surface area contributed by atoms with E-state index in [0.717, 1.165) is 27.7 Å². The Balaban J connectivity index is 1.34. The van der Waals surface area contributed by atoms with E-state index in [9.17, 15) is 0 Å². The summed E-state index contributed by atoms with van der Waals surface area (Å²) in [6.45, 7) is 4.58. The van der Waals surface area contributed by atoms with Crippen LogP contribution in [0.4, 0.5) is 0 Å². The minimum atomic E-state index is -0.202. The second kappa shape index (κ2) is 8.42. The number of aromatic nitrogens is 4. The number of benzene rings is 4. The van der Waals surface area contributed by atoms with E-state index in [-0.39, 0.29) is 5.41 Å². The molecule has 0 radical (unpaired) electrons. The Morgan fingerprint density at radius 2 is 1.35 bits per heavy atom. The quantitative estimate of drug-likeness (QED) is 0.236. The number of rotatable bonds is 3. The lowest BCUT2D eigenvalue weighted by Gasteiger charge is -2.22. The molecule has 0 spiro atoms. The van der Waals surface area contributed by atoms with Crippen molar-refractivity contribution in [2.24, 2.45) is 0 Å². The molecule has 0 aliphatic heterocycles. The zero-order valence-electron chi connectivity index (χ0n) is 22.1. The van der Waals surface area contributed by atoms with Crippen LogP contribution in [0.5, 0.6) is 0 Å². The molecular formula is C35H24N4O. The van der Waals surface area contributed by atoms with Gasteiger partial charge < -0.3 is 4.42 Å². The summed E-state index contributed by atoms with van der Waals surface area (Å²) in [5, 5.41) is 2.32. The molecule has 7 aromatic rings. The predicted molar refractivity (Wildman–Crippen MR) is 159 cm³/mol. The largest absolute Gasteiger partial charge is 0.456 e. The molecular weight excluding hydrogens is 492 g/mol. The highest BCUT2D eigenvalue weighted by molar-refractivity contribution is 6.15. The number of hydrogen-bond donors (Lipinski definition) is 0. The summed E-state index contributed by atoms with van der Waals surface area (Å²) in [4.78, 5) is 19.2. The topological polar surface area (TPSA) is 64.7 Å². The molecule has 190 valence electrons. The first kappa shape index (κ1) is 22.8. The number of hydrogen-bond acceptors (Lipinski definition) is 5. The fraction of sp³-hybridized carbons (Fsp3) is 0.0857. The molecule has 0 saturated carbocycles. The van der Waals surface area contributed by atoms with Crippen LogP contribution in [0.25, 0.3) is 67.4 Å². The molecule has 0 fully saturated rings. The average molecular weight is 517 g/mol. The van der Waals surface area contributed by atoms with Gasteiger partial charge in [0.2, 0.25) is 0 Å². The molecule has 0 N–H and O–H groups in total. The Morgan fingerprint density at radius 1 is 0.600 bits per heavy atom. The van der Waals surface area contributed by atoms with Crippen LogP contribution in [-0.4, -0.2) is 19.9 Å². The third-order valence-electron chi connectivity index (χ3n) is 8.00. The van der Waals surface area contributed by atoms with Crippen molar-refractivity contribution < 1.29 is 4.42 Å². The SMILES string of the molecule is CC1(C)c2cc(-c3nc(-c4ccccc4)nc(-c4ccccn4)n3)ccc2-c2c1ccc1oc3ccccc3c21. The smallest absolute Gasteiger partial charge is 0.182 e. The molecule has 5 nitrogen and oxygen atoms in total. The van der Waals surface area contributed by atoms with Crippen molar-refractivity contribution in [3.63, 3.8) is 0 Å². The van der Waals surface area contributed by atoms with Crippen molar-refractivity contribution in [3.8, 4) is 45.4 Å². The highest BCUT2D eigenvalue weighted by atomic mass is 16.3. The van der Waals surface area contributed by atoms with Crippen LogP contribution >= 0.6 is 0 Å². The summed E-state index contributed by atoms with van der Waals surface area (Å²) in [7, 11) is 0. The minimum Gasteiger partial charge on any atom is -0.456 e. The first-order valence-electron chi connectivity index (χ1n) is 13.4. The van der Waals surface area contributed by atoms with E-state index in [2.05, 4.69) is 61.3 Å². The molecule has 0 atom stereocenters. The maximum Gasteiger partial charge on any atom is 0.182 e. The van der Waals surface area contributed by atoms with Crippen molar-refractivity contribution in [2.45, 2.75) is 19.3 Å². The second-order valence-corrected chi connectivity index (χ2v) is 10.7. The summed E-state index contributed by atoms with van der Waals surface area (Å²) in [6, 6.07) is 35.0. The van der Waals surface area contributed by atoms with Gasteiger partial charge in [-0.1, -0.05) is 86.6 Å². The van der Waals surface area contributed by atoms with E-state index in [4.69, 9.17) is 19.4 Å². The third-order valence-corrected chi connectivity index (χ3v) is 8.00. The Labute approximate surface area is 231 Å². The van der Waals surface area contributed by atoms with Gasteiger partial charge in [0.15, 0.2) is 17.5 Å². The van der Waals surface area contributed by atoms with Crippen LogP contribution in [0.15, 0.2) is 114 Å². The van der Waals surface area contributed by atoms with Gasteiger partial charge in [-0.25, -0.2) is 15.0 Å². The van der Waals surface area contributed by atoms with E-state index in [0.29, 0.717) is 23.2 Å². The highest BCUT2D eigenvalue weighted by Gasteiger charge is 2.37. The maximum absolute atomic E-state index is 6.23. The van der Waals surface area contributed by atoms with Crippen LogP contribution in [0.2, 0.25) is 0 Å². The van der Waals surface area contributed by atoms with Gasteiger partial charge in [-0.2, -0.15) is 0 Å². The van der Waals surface area contributed by atoms with Crippen LogP contribution in [0.1, 0.15) is 25.0 Å². The molecule has 0 bridgehead atoms. The van der Waals surface area contributed by atoms with Crippen LogP contribution in [-0.2, 0) is 5.41 Å². The second-order valence-electron chi connectivity index (χ2n) is 10.7. The molecule has 0 saturated heterocycles. The van der Waals surface area contributed by atoms with Gasteiger partial charge in [-0.3, -0.25) is 4.98 Å². The fourth-order valence-corrected chi connectivity index (χ4v) is 6.01. The van der Waals surface area contributed by atoms with Gasteiger partial charge in [0.05, 0.1) is 0 Å². The van der Waals surface area contributed by atoms with Gasteiger partial charge in [-0.05, 0) is 52.6 Å². The Kier molecular flexibility index (Phi) is 4.80. The minimum absolute atomic E-state index is 0.202. The van der Waals surface area contributed by atoms with Gasteiger partial charge in [0.1, 0.15) is 16.9 Å². The van der Waals surface area contributed by atoms with E-state index in [1.165, 1.54) is 27.6 Å². The van der Waals surface area contributed by atoms with Crippen molar-refractivity contribution in [2.75, 3.05) is 0 Å². The van der Waals surface area contributed by atoms with Crippen LogP contribution in [0, 0.1) is 0 Å². The number of para-hydroxylation sites is 1. The molecule has 3 aromatic heterocycles. The lowest BCUT2D eigenvalue weighted by Crippen LogP contribution is -2.15. The molecule has 8 rings (SSSR count). The van der Waals surface area contributed by atoms with E-state index >= 15 is 0 Å². The van der Waals surface area contributed by atoms with E-state index < -0.39 is 0 Å². The number of pyridine rings is 1. The lowest BCUT2D eigenvalue weighted by atomic mass is 9.81. The van der Waals surface area contributed by atoms with Crippen molar-refractivity contribution in [3.05, 3.63) is 120 Å². The molecule has 1 aliphatic carbocycles. The molecule has 3 heterocycles. The summed E-state index contributed by atoms with van der Waals surface area (Å²) in [5.74, 6) is 1.81. The zero-order chi connectivity index (χ0) is 26.8. The highest BCUT2D eigenvalue weighted by Crippen LogP contribution is 2.53. The molecule has 5 heteroatoms. The fourth-order valence-electron chi connectivity index (χ4n) is 6.01. The zero-order valence-corrected chi connectivity index (χ0v) is 22.1. The summed E-state index contributed by atoms with van der Waals surface area (Å²) < 4.78 is 6.23. The van der Waals surface area contributed by atoms with Crippen LogP contribution in [0.3, 0.4) is 0 Å². The first-order chi connectivity index (χ1) is 19.6. The van der Waals surface area contributed by atoms with Crippen molar-refractivity contribution in [1.29, 1.82) is 0 Å². The van der Waals surface area contributed by atoms with E-state index in [1.807, 2.05) is 60.7 Å². The number of furan rings is 1. The van der Waals surface area contributed by atoms with E-state index in [1.54, 1.807) is 6.20 Å². The van der Waals surface area contributed by atoms with Gasteiger partial charge in [0.25, 0.3) is 0 Å². The molecule has 40 heavy (non-hydrogen) atoms. The van der Waals surface area contributed by atoms with Crippen molar-refractivity contribution in [1.82, 2.24) is 19.9 Å². The average Bonchev–Trinajstić information content (AvgIpc) is 3.50. The Morgan fingerprint density at radius 3 is 2.17 bits per heavy atom. The van der Waals surface area contributed by atoms with Gasteiger partial charge >= 0.3 is 0 Å². The van der Waals surface area contributed by atoms with Gasteiger partial charge in [0, 0.05) is 33.5 Å². The Hall–Kier alpha value is -5.16. The molecule has 0 amide bonds. The van der Waals surface area contributed by atoms with Crippen LogP contribution < -0.4 is 0 Å². The molecule has 1 aliphatic rings. The lowest BCUT2D eigenvalue weighted by molar-refractivity contribution is 0.656. The Bertz CT molecular complexity index is 2020. The summed E-state index contributed by atoms with van der Waals surface area (Å²) in [5.41, 5.74) is 9.25. The summed E-state index contributed by atoms with van der Waals surface area (Å²) in [6.07, 6.45) is 1.76. The predicted octanol–water partition coefficient (Wildman–Crippen LogP) is 8.47. The maximum atomic E-state index is 6.23.